The van der Waals surface area contributed by atoms with E-state index in [9.17, 15) is 13.2 Å². The summed E-state index contributed by atoms with van der Waals surface area (Å²) in [5, 5.41) is 3.92. The number of primary amides is 1. The van der Waals surface area contributed by atoms with Crippen LogP contribution in [-0.4, -0.2) is 51.5 Å². The van der Waals surface area contributed by atoms with Crippen LogP contribution in [-0.2, 0) is 19.5 Å². The molecule has 12 heteroatoms. The second-order valence-corrected chi connectivity index (χ2v) is 9.89. The Hall–Kier alpha value is -4.00. The standard InChI is InChI=1S/C25H26N4O7S/c1-16-17(2)28-36-25(16)29(15-34-13-12-33-3)37(31,32)22-7-5-4-6-20(22)18-8-10-19(11-9-18)24-27-21(14-35-24)23(26)30/h4-11,14H,12-13,15H2,1-3H3,(H2,26,30). The summed E-state index contributed by atoms with van der Waals surface area (Å²) < 4.78 is 50.3. The molecule has 0 aliphatic carbocycles. The molecule has 2 heterocycles. The van der Waals surface area contributed by atoms with Gasteiger partial charge in [-0.1, -0.05) is 35.5 Å². The fourth-order valence-electron chi connectivity index (χ4n) is 3.52. The number of nitrogens with two attached hydrogens (primary N) is 1. The quantitative estimate of drug-likeness (QED) is 0.229. The summed E-state index contributed by atoms with van der Waals surface area (Å²) in [6.07, 6.45) is 1.18. The molecule has 0 aliphatic rings. The van der Waals surface area contributed by atoms with E-state index < -0.39 is 15.9 Å². The maximum absolute atomic E-state index is 14.0. The minimum absolute atomic E-state index is 0.0151. The van der Waals surface area contributed by atoms with Crippen molar-refractivity contribution in [1.29, 1.82) is 0 Å². The molecule has 4 rings (SSSR count). The summed E-state index contributed by atoms with van der Waals surface area (Å²) in [5.74, 6) is -0.398. The second-order valence-electron chi connectivity index (χ2n) is 8.06. The highest BCUT2D eigenvalue weighted by molar-refractivity contribution is 7.93. The molecule has 194 valence electrons. The molecular weight excluding hydrogens is 500 g/mol. The van der Waals surface area contributed by atoms with Gasteiger partial charge in [0.1, 0.15) is 13.0 Å². The summed E-state index contributed by atoms with van der Waals surface area (Å²) >= 11 is 0. The third-order valence-electron chi connectivity index (χ3n) is 5.65. The number of hydrogen-bond donors (Lipinski definition) is 1. The number of aryl methyl sites for hydroxylation is 1. The molecule has 2 N–H and O–H groups in total. The number of carbonyl (C=O) groups is 1. The smallest absolute Gasteiger partial charge is 0.270 e. The van der Waals surface area contributed by atoms with E-state index in [4.69, 9.17) is 24.1 Å². The molecule has 0 spiro atoms. The third-order valence-corrected chi connectivity index (χ3v) is 7.42. The molecule has 0 unspecified atom stereocenters. The van der Waals surface area contributed by atoms with E-state index in [1.54, 1.807) is 56.3 Å². The molecule has 1 amide bonds. The number of oxazole rings is 1. The van der Waals surface area contributed by atoms with Crippen LogP contribution in [0, 0.1) is 13.8 Å². The molecule has 0 aliphatic heterocycles. The van der Waals surface area contributed by atoms with E-state index in [0.717, 1.165) is 4.31 Å². The van der Waals surface area contributed by atoms with Crippen LogP contribution in [0.15, 0.2) is 68.6 Å². The first-order chi connectivity index (χ1) is 17.7. The van der Waals surface area contributed by atoms with Crippen molar-refractivity contribution < 1.29 is 31.6 Å². The van der Waals surface area contributed by atoms with Crippen molar-refractivity contribution in [3.05, 3.63) is 71.7 Å². The van der Waals surface area contributed by atoms with Crippen LogP contribution in [0.1, 0.15) is 21.7 Å². The van der Waals surface area contributed by atoms with Crippen molar-refractivity contribution >= 4 is 21.8 Å². The minimum atomic E-state index is -4.15. The molecule has 0 fully saturated rings. The fraction of sp³-hybridized carbons (Fsp3) is 0.240. The summed E-state index contributed by atoms with van der Waals surface area (Å²) in [5.41, 5.74) is 8.11. The molecule has 4 aromatic rings. The Morgan fingerprint density at radius 2 is 1.76 bits per heavy atom. The lowest BCUT2D eigenvalue weighted by Crippen LogP contribution is -2.34. The summed E-state index contributed by atoms with van der Waals surface area (Å²) in [6, 6.07) is 13.5. The van der Waals surface area contributed by atoms with E-state index in [-0.39, 0.29) is 35.7 Å². The Kier molecular flexibility index (Phi) is 7.71. The van der Waals surface area contributed by atoms with Crippen LogP contribution >= 0.6 is 0 Å². The number of ether oxygens (including phenoxy) is 2. The lowest BCUT2D eigenvalue weighted by Gasteiger charge is -2.23. The average Bonchev–Trinajstić information content (AvgIpc) is 3.52. The highest BCUT2D eigenvalue weighted by Crippen LogP contribution is 2.34. The highest BCUT2D eigenvalue weighted by Gasteiger charge is 2.32. The van der Waals surface area contributed by atoms with E-state index >= 15 is 0 Å². The summed E-state index contributed by atoms with van der Waals surface area (Å²) in [7, 11) is -2.62. The molecular formula is C25H26N4O7S. The number of methoxy groups -OCH3 is 1. The normalized spacial score (nSPS) is 11.5. The number of nitrogens with zero attached hydrogens (tertiary/aromatic N) is 3. The number of hydrogen-bond acceptors (Lipinski definition) is 9. The van der Waals surface area contributed by atoms with Gasteiger partial charge in [0.15, 0.2) is 5.69 Å². The number of benzene rings is 2. The molecule has 0 saturated carbocycles. The van der Waals surface area contributed by atoms with Crippen LogP contribution < -0.4 is 10.0 Å². The lowest BCUT2D eigenvalue weighted by atomic mass is 10.0. The highest BCUT2D eigenvalue weighted by atomic mass is 32.2. The first kappa shape index (κ1) is 26.1. The monoisotopic (exact) mass is 526 g/mol. The molecule has 0 radical (unpaired) electrons. The lowest BCUT2D eigenvalue weighted by molar-refractivity contribution is 0.0744. The Morgan fingerprint density at radius 3 is 2.38 bits per heavy atom. The Morgan fingerprint density at radius 1 is 1.05 bits per heavy atom. The van der Waals surface area contributed by atoms with Gasteiger partial charge in [-0.15, -0.1) is 0 Å². The van der Waals surface area contributed by atoms with Gasteiger partial charge < -0.3 is 24.1 Å². The van der Waals surface area contributed by atoms with Gasteiger partial charge in [0.05, 0.1) is 23.8 Å². The molecule has 2 aromatic carbocycles. The van der Waals surface area contributed by atoms with E-state index in [2.05, 4.69) is 10.1 Å². The maximum Gasteiger partial charge on any atom is 0.270 e. The van der Waals surface area contributed by atoms with Crippen LogP contribution in [0.25, 0.3) is 22.6 Å². The van der Waals surface area contributed by atoms with Gasteiger partial charge in [-0.25, -0.2) is 17.7 Å². The van der Waals surface area contributed by atoms with Crippen LogP contribution in [0.5, 0.6) is 0 Å². The number of aromatic nitrogens is 2. The van der Waals surface area contributed by atoms with Gasteiger partial charge in [0, 0.05) is 23.8 Å². The Bertz CT molecular complexity index is 1490. The average molecular weight is 527 g/mol. The number of carbonyl (C=O) groups excluding carboxylic acids is 1. The summed E-state index contributed by atoms with van der Waals surface area (Å²) in [4.78, 5) is 15.4. The molecule has 0 saturated heterocycles. The van der Waals surface area contributed by atoms with E-state index in [0.29, 0.717) is 34.6 Å². The topological polar surface area (TPSA) is 151 Å². The largest absolute Gasteiger partial charge is 0.444 e. The summed E-state index contributed by atoms with van der Waals surface area (Å²) in [6.45, 7) is 3.66. The Balaban J connectivity index is 1.71. The number of rotatable bonds is 11. The predicted molar refractivity (Wildman–Crippen MR) is 134 cm³/mol. The van der Waals surface area contributed by atoms with Crippen molar-refractivity contribution in [1.82, 2.24) is 10.1 Å². The van der Waals surface area contributed by atoms with Crippen LogP contribution in [0.3, 0.4) is 0 Å². The zero-order valence-corrected chi connectivity index (χ0v) is 21.3. The van der Waals surface area contributed by atoms with Gasteiger partial charge in [-0.2, -0.15) is 0 Å². The van der Waals surface area contributed by atoms with Gasteiger partial charge in [-0.05, 0) is 37.6 Å². The van der Waals surface area contributed by atoms with Gasteiger partial charge in [0.2, 0.25) is 11.8 Å². The van der Waals surface area contributed by atoms with Gasteiger partial charge >= 0.3 is 0 Å². The van der Waals surface area contributed by atoms with Crippen molar-refractivity contribution in [2.24, 2.45) is 5.73 Å². The van der Waals surface area contributed by atoms with Gasteiger partial charge in [0.25, 0.3) is 15.9 Å². The van der Waals surface area contributed by atoms with Crippen LogP contribution in [0.2, 0.25) is 0 Å². The molecule has 0 atom stereocenters. The van der Waals surface area contributed by atoms with Crippen molar-refractivity contribution in [3.8, 4) is 22.6 Å². The minimum Gasteiger partial charge on any atom is -0.444 e. The molecule has 37 heavy (non-hydrogen) atoms. The molecule has 11 nitrogen and oxygen atoms in total. The van der Waals surface area contributed by atoms with Crippen LogP contribution in [0.4, 0.5) is 5.88 Å². The molecule has 0 bridgehead atoms. The third kappa shape index (κ3) is 5.40. The molecule has 2 aromatic heterocycles. The van der Waals surface area contributed by atoms with Gasteiger partial charge in [-0.3, -0.25) is 4.79 Å². The number of amides is 1. The second kappa shape index (κ2) is 10.9. The predicted octanol–water partition coefficient (Wildman–Crippen LogP) is 3.53. The zero-order chi connectivity index (χ0) is 26.6. The zero-order valence-electron chi connectivity index (χ0n) is 20.5. The van der Waals surface area contributed by atoms with Crippen molar-refractivity contribution in [2.75, 3.05) is 31.4 Å². The fourth-order valence-corrected chi connectivity index (χ4v) is 5.08. The first-order valence-corrected chi connectivity index (χ1v) is 12.7. The van der Waals surface area contributed by atoms with Crippen molar-refractivity contribution in [2.45, 2.75) is 18.7 Å². The van der Waals surface area contributed by atoms with Crippen molar-refractivity contribution in [3.63, 3.8) is 0 Å². The number of sulfonamides is 1. The van der Waals surface area contributed by atoms with E-state index in [1.165, 1.54) is 19.4 Å². The van der Waals surface area contributed by atoms with E-state index in [1.807, 2.05) is 0 Å². The number of anilines is 1. The SMILES string of the molecule is COCCOCN(c1onc(C)c1C)S(=O)(=O)c1ccccc1-c1ccc(-c2nc(C(N)=O)co2)cc1. The first-order valence-electron chi connectivity index (χ1n) is 11.2. The maximum atomic E-state index is 14.0. The Labute approximate surface area is 213 Å².